The van der Waals surface area contributed by atoms with Crippen LogP contribution in [0.3, 0.4) is 0 Å². The zero-order valence-electron chi connectivity index (χ0n) is 15.6. The highest BCUT2D eigenvalue weighted by atomic mass is 32.2. The predicted octanol–water partition coefficient (Wildman–Crippen LogP) is 4.57. The van der Waals surface area contributed by atoms with E-state index in [1.54, 1.807) is 15.9 Å². The minimum atomic E-state index is -0.617. The van der Waals surface area contributed by atoms with E-state index in [-0.39, 0.29) is 17.6 Å². The fourth-order valence-electron chi connectivity index (χ4n) is 3.50. The van der Waals surface area contributed by atoms with Gasteiger partial charge in [0.1, 0.15) is 17.0 Å². The van der Waals surface area contributed by atoms with E-state index >= 15 is 0 Å². The van der Waals surface area contributed by atoms with Crippen LogP contribution in [-0.2, 0) is 16.0 Å². The smallest absolute Gasteiger partial charge is 0.329 e. The third kappa shape index (κ3) is 3.83. The molecule has 7 heteroatoms. The van der Waals surface area contributed by atoms with Gasteiger partial charge in [-0.25, -0.2) is 9.78 Å². The first kappa shape index (κ1) is 19.4. The molecule has 3 rings (SSSR count). The summed E-state index contributed by atoms with van der Waals surface area (Å²) in [4.78, 5) is 32.5. The highest BCUT2D eigenvalue weighted by Crippen LogP contribution is 2.28. The highest BCUT2D eigenvalue weighted by Gasteiger charge is 2.28. The molecule has 1 atom stereocenters. The van der Waals surface area contributed by atoms with Gasteiger partial charge in [-0.15, -0.1) is 11.3 Å². The maximum absolute atomic E-state index is 13.1. The third-order valence-electron chi connectivity index (χ3n) is 4.95. The molecule has 0 bridgehead atoms. The number of esters is 1. The van der Waals surface area contributed by atoms with Gasteiger partial charge in [0, 0.05) is 4.88 Å². The topological polar surface area (TPSA) is 61.2 Å². The van der Waals surface area contributed by atoms with E-state index in [9.17, 15) is 9.59 Å². The van der Waals surface area contributed by atoms with Crippen molar-refractivity contribution in [3.05, 3.63) is 21.3 Å². The van der Waals surface area contributed by atoms with Gasteiger partial charge in [-0.1, -0.05) is 32.0 Å². The summed E-state index contributed by atoms with van der Waals surface area (Å²) in [6.07, 6.45) is 8.52. The Balaban J connectivity index is 1.98. The predicted molar refractivity (Wildman–Crippen MR) is 107 cm³/mol. The zero-order chi connectivity index (χ0) is 18.7. The second-order valence-electron chi connectivity index (χ2n) is 6.68. The molecule has 2 aromatic rings. The van der Waals surface area contributed by atoms with E-state index in [0.717, 1.165) is 41.8 Å². The molecule has 26 heavy (non-hydrogen) atoms. The van der Waals surface area contributed by atoms with E-state index in [1.807, 2.05) is 19.2 Å². The van der Waals surface area contributed by atoms with Gasteiger partial charge in [-0.3, -0.25) is 9.36 Å². The monoisotopic (exact) mass is 394 g/mol. The Labute approximate surface area is 162 Å². The van der Waals surface area contributed by atoms with Crippen LogP contribution in [0, 0.1) is 0 Å². The SMILES string of the molecule is CCc1cc2c(=O)n(C(CC)C(=O)OC3CCCCC3)c(SC)nc2s1. The lowest BCUT2D eigenvalue weighted by Gasteiger charge is -2.25. The standard InChI is InChI=1S/C19H26N2O3S2/c1-4-13-11-14-16(26-13)20-19(25-3)21(17(14)22)15(5-2)18(23)24-12-9-7-6-8-10-12/h11-12,15H,4-10H2,1-3H3. The maximum Gasteiger partial charge on any atom is 0.329 e. The second kappa shape index (κ2) is 8.57. The number of thiophene rings is 1. The molecule has 1 aliphatic carbocycles. The number of aryl methyl sites for hydroxylation is 1. The average Bonchev–Trinajstić information content (AvgIpc) is 3.08. The normalized spacial score (nSPS) is 16.7. The molecule has 2 heterocycles. The van der Waals surface area contributed by atoms with Gasteiger partial charge in [-0.2, -0.15) is 0 Å². The molecule has 1 saturated carbocycles. The third-order valence-corrected chi connectivity index (χ3v) is 6.78. The first-order valence-electron chi connectivity index (χ1n) is 9.38. The van der Waals surface area contributed by atoms with Crippen molar-refractivity contribution in [2.75, 3.05) is 6.26 Å². The van der Waals surface area contributed by atoms with Crippen molar-refractivity contribution in [2.24, 2.45) is 0 Å². The van der Waals surface area contributed by atoms with Gasteiger partial charge in [0.15, 0.2) is 5.16 Å². The molecule has 0 amide bonds. The summed E-state index contributed by atoms with van der Waals surface area (Å²) >= 11 is 2.95. The highest BCUT2D eigenvalue weighted by molar-refractivity contribution is 7.98. The summed E-state index contributed by atoms with van der Waals surface area (Å²) in [7, 11) is 0. The summed E-state index contributed by atoms with van der Waals surface area (Å²) in [5.74, 6) is -0.302. The van der Waals surface area contributed by atoms with E-state index in [2.05, 4.69) is 11.9 Å². The van der Waals surface area contributed by atoms with Crippen molar-refractivity contribution >= 4 is 39.3 Å². The molecule has 5 nitrogen and oxygen atoms in total. The van der Waals surface area contributed by atoms with Crippen LogP contribution in [0.15, 0.2) is 16.0 Å². The molecule has 0 radical (unpaired) electrons. The molecule has 2 aromatic heterocycles. The fourth-order valence-corrected chi connectivity index (χ4v) is 5.10. The number of hydrogen-bond acceptors (Lipinski definition) is 6. The van der Waals surface area contributed by atoms with Crippen LogP contribution in [0.5, 0.6) is 0 Å². The van der Waals surface area contributed by atoms with Crippen LogP contribution in [0.4, 0.5) is 0 Å². The zero-order valence-corrected chi connectivity index (χ0v) is 17.3. The molecule has 1 aliphatic rings. The summed E-state index contributed by atoms with van der Waals surface area (Å²) in [6, 6.07) is 1.29. The number of ether oxygens (including phenoxy) is 1. The average molecular weight is 395 g/mol. The largest absolute Gasteiger partial charge is 0.461 e. The Morgan fingerprint density at radius 1 is 1.38 bits per heavy atom. The van der Waals surface area contributed by atoms with Crippen LogP contribution in [0.2, 0.25) is 0 Å². The summed E-state index contributed by atoms with van der Waals surface area (Å²) in [5, 5.41) is 1.19. The first-order chi connectivity index (χ1) is 12.6. The van der Waals surface area contributed by atoms with Crippen molar-refractivity contribution in [1.82, 2.24) is 9.55 Å². The van der Waals surface area contributed by atoms with Crippen LogP contribution in [0.1, 0.15) is 63.3 Å². The number of carbonyl (C=O) groups is 1. The number of fused-ring (bicyclic) bond motifs is 1. The summed E-state index contributed by atoms with van der Waals surface area (Å²) in [6.45, 7) is 3.98. The molecule has 0 spiro atoms. The van der Waals surface area contributed by atoms with Crippen molar-refractivity contribution in [2.45, 2.75) is 76.1 Å². The van der Waals surface area contributed by atoms with Crippen LogP contribution < -0.4 is 5.56 Å². The minimum absolute atomic E-state index is 0.0109. The van der Waals surface area contributed by atoms with Crippen molar-refractivity contribution < 1.29 is 9.53 Å². The molecular formula is C19H26N2O3S2. The minimum Gasteiger partial charge on any atom is -0.461 e. The number of carbonyl (C=O) groups excluding carboxylic acids is 1. The summed E-state index contributed by atoms with van der Waals surface area (Å²) in [5.41, 5.74) is -0.136. The Bertz CT molecular complexity index is 837. The van der Waals surface area contributed by atoms with Gasteiger partial charge < -0.3 is 4.74 Å². The Hall–Kier alpha value is -1.34. The van der Waals surface area contributed by atoms with E-state index in [1.165, 1.54) is 18.2 Å². The van der Waals surface area contributed by atoms with Crippen LogP contribution >= 0.6 is 23.1 Å². The Kier molecular flexibility index (Phi) is 6.40. The Morgan fingerprint density at radius 2 is 2.12 bits per heavy atom. The number of thioether (sulfide) groups is 1. The number of nitrogens with zero attached hydrogens (tertiary/aromatic N) is 2. The maximum atomic E-state index is 13.1. The lowest BCUT2D eigenvalue weighted by Crippen LogP contribution is -2.34. The number of aromatic nitrogens is 2. The molecular weight excluding hydrogens is 368 g/mol. The van der Waals surface area contributed by atoms with Crippen molar-refractivity contribution in [3.63, 3.8) is 0 Å². The lowest BCUT2D eigenvalue weighted by molar-refractivity contribution is -0.155. The van der Waals surface area contributed by atoms with Gasteiger partial charge in [0.25, 0.3) is 5.56 Å². The van der Waals surface area contributed by atoms with Gasteiger partial charge >= 0.3 is 5.97 Å². The molecule has 0 aliphatic heterocycles. The Morgan fingerprint density at radius 3 is 2.73 bits per heavy atom. The van der Waals surface area contributed by atoms with Crippen molar-refractivity contribution in [3.8, 4) is 0 Å². The van der Waals surface area contributed by atoms with Crippen LogP contribution in [-0.4, -0.2) is 27.9 Å². The number of hydrogen-bond donors (Lipinski definition) is 0. The van der Waals surface area contributed by atoms with Gasteiger partial charge in [0.05, 0.1) is 5.39 Å². The first-order valence-corrected chi connectivity index (χ1v) is 11.4. The molecule has 1 unspecified atom stereocenters. The molecule has 0 aromatic carbocycles. The quantitative estimate of drug-likeness (QED) is 0.408. The van der Waals surface area contributed by atoms with Gasteiger partial charge in [-0.05, 0) is 50.8 Å². The molecule has 1 fully saturated rings. The van der Waals surface area contributed by atoms with E-state index < -0.39 is 6.04 Å². The second-order valence-corrected chi connectivity index (χ2v) is 8.57. The lowest BCUT2D eigenvalue weighted by atomic mass is 9.98. The summed E-state index contributed by atoms with van der Waals surface area (Å²) < 4.78 is 7.30. The molecule has 142 valence electrons. The van der Waals surface area contributed by atoms with Crippen LogP contribution in [0.25, 0.3) is 10.2 Å². The van der Waals surface area contributed by atoms with Crippen molar-refractivity contribution in [1.29, 1.82) is 0 Å². The fraction of sp³-hybridized carbons (Fsp3) is 0.632. The van der Waals surface area contributed by atoms with E-state index in [4.69, 9.17) is 4.74 Å². The molecule has 0 N–H and O–H groups in total. The van der Waals surface area contributed by atoms with E-state index in [0.29, 0.717) is 17.0 Å². The molecule has 0 saturated heterocycles. The number of rotatable bonds is 6. The van der Waals surface area contributed by atoms with Gasteiger partial charge in [0.2, 0.25) is 0 Å².